The third-order valence-electron chi connectivity index (χ3n) is 3.32. The molecule has 2 N–H and O–H groups in total. The van der Waals surface area contributed by atoms with Gasteiger partial charge in [0.15, 0.2) is 0 Å². The molecular formula is C13H20N4O4. The monoisotopic (exact) mass is 296 g/mol. The van der Waals surface area contributed by atoms with Crippen LogP contribution in [0.3, 0.4) is 0 Å². The van der Waals surface area contributed by atoms with Crippen LogP contribution < -0.4 is 5.32 Å². The van der Waals surface area contributed by atoms with Crippen molar-refractivity contribution < 1.29 is 19.4 Å². The molecule has 8 nitrogen and oxygen atoms in total. The second-order valence-electron chi connectivity index (χ2n) is 5.21. The number of aromatic nitrogens is 2. The summed E-state index contributed by atoms with van der Waals surface area (Å²) >= 11 is 0. The predicted molar refractivity (Wildman–Crippen MR) is 75.1 cm³/mol. The summed E-state index contributed by atoms with van der Waals surface area (Å²) < 4.78 is 6.65. The number of carbonyl (C=O) groups excluding carboxylic acids is 1. The predicted octanol–water partition coefficient (Wildman–Crippen LogP) is 0.858. The van der Waals surface area contributed by atoms with Crippen molar-refractivity contribution in [2.24, 2.45) is 5.92 Å². The van der Waals surface area contributed by atoms with E-state index in [4.69, 9.17) is 9.84 Å². The molecule has 1 aliphatic rings. The molecule has 0 aliphatic carbocycles. The van der Waals surface area contributed by atoms with Crippen LogP contribution in [0.5, 0.6) is 0 Å². The zero-order valence-electron chi connectivity index (χ0n) is 12.0. The number of aliphatic carboxylic acids is 1. The number of carboxylic acid groups (broad SMARTS) is 1. The maximum Gasteiger partial charge on any atom is 0.325 e. The maximum absolute atomic E-state index is 12.0. The molecule has 0 spiro atoms. The summed E-state index contributed by atoms with van der Waals surface area (Å²) in [5.41, 5.74) is 0.480. The van der Waals surface area contributed by atoms with Gasteiger partial charge in [0.1, 0.15) is 6.54 Å². The molecule has 2 amide bonds. The van der Waals surface area contributed by atoms with Crippen molar-refractivity contribution in [2.75, 3.05) is 32.1 Å². The van der Waals surface area contributed by atoms with Crippen LogP contribution in [0.4, 0.5) is 10.5 Å². The minimum atomic E-state index is -0.981. The number of amides is 2. The second-order valence-corrected chi connectivity index (χ2v) is 5.21. The first-order valence-electron chi connectivity index (χ1n) is 6.88. The van der Waals surface area contributed by atoms with Crippen LogP contribution in [0.1, 0.15) is 12.8 Å². The number of rotatable bonds is 5. The summed E-state index contributed by atoms with van der Waals surface area (Å²) in [5, 5.41) is 15.2. The molecule has 0 aromatic carbocycles. The number of carbonyl (C=O) groups is 2. The Bertz CT molecular complexity index is 496. The standard InChI is InChI=1S/C13H20N4O4/c1-16(6-10-3-2-4-21-9-10)13(20)15-11-5-14-17(7-11)8-12(18)19/h5,7,10H,2-4,6,8-9H2,1H3,(H,15,20)(H,18,19). The zero-order chi connectivity index (χ0) is 15.2. The lowest BCUT2D eigenvalue weighted by molar-refractivity contribution is -0.137. The quantitative estimate of drug-likeness (QED) is 0.840. The van der Waals surface area contributed by atoms with E-state index < -0.39 is 5.97 Å². The molecule has 1 aromatic heterocycles. The lowest BCUT2D eigenvalue weighted by Crippen LogP contribution is -2.37. The van der Waals surface area contributed by atoms with Crippen LogP contribution in [-0.4, -0.2) is 58.6 Å². The van der Waals surface area contributed by atoms with Gasteiger partial charge in [-0.2, -0.15) is 5.10 Å². The van der Waals surface area contributed by atoms with Gasteiger partial charge in [0.25, 0.3) is 0 Å². The van der Waals surface area contributed by atoms with Crippen molar-refractivity contribution in [3.05, 3.63) is 12.4 Å². The average Bonchev–Trinajstić information content (AvgIpc) is 2.86. The minimum Gasteiger partial charge on any atom is -0.480 e. The molecule has 1 aromatic rings. The third-order valence-corrected chi connectivity index (χ3v) is 3.32. The topological polar surface area (TPSA) is 96.7 Å². The molecule has 2 heterocycles. The normalized spacial score (nSPS) is 18.2. The fourth-order valence-electron chi connectivity index (χ4n) is 2.29. The van der Waals surface area contributed by atoms with Crippen LogP contribution >= 0.6 is 0 Å². The van der Waals surface area contributed by atoms with Crippen molar-refractivity contribution in [1.29, 1.82) is 0 Å². The van der Waals surface area contributed by atoms with Crippen molar-refractivity contribution in [1.82, 2.24) is 14.7 Å². The first kappa shape index (κ1) is 15.3. The van der Waals surface area contributed by atoms with Gasteiger partial charge in [0.2, 0.25) is 0 Å². The number of carboxylic acids is 1. The lowest BCUT2D eigenvalue weighted by atomic mass is 10.0. The van der Waals surface area contributed by atoms with E-state index >= 15 is 0 Å². The Morgan fingerprint density at radius 1 is 1.62 bits per heavy atom. The van der Waals surface area contributed by atoms with Gasteiger partial charge in [-0.05, 0) is 12.8 Å². The summed E-state index contributed by atoms with van der Waals surface area (Å²) in [7, 11) is 1.73. The summed E-state index contributed by atoms with van der Waals surface area (Å²) in [4.78, 5) is 24.2. The number of hydrogen-bond donors (Lipinski definition) is 2. The molecule has 116 valence electrons. The first-order chi connectivity index (χ1) is 10.0. The van der Waals surface area contributed by atoms with Crippen LogP contribution in [0.15, 0.2) is 12.4 Å². The van der Waals surface area contributed by atoms with Gasteiger partial charge in [-0.3, -0.25) is 9.48 Å². The number of ether oxygens (including phenoxy) is 1. The molecule has 1 fully saturated rings. The molecule has 0 bridgehead atoms. The third kappa shape index (κ3) is 4.75. The van der Waals surface area contributed by atoms with Gasteiger partial charge in [-0.1, -0.05) is 0 Å². The Labute approximate surface area is 122 Å². The van der Waals surface area contributed by atoms with Crippen LogP contribution in [-0.2, 0) is 16.1 Å². The van der Waals surface area contributed by atoms with Gasteiger partial charge in [-0.25, -0.2) is 4.79 Å². The van der Waals surface area contributed by atoms with Crippen molar-refractivity contribution >= 4 is 17.7 Å². The van der Waals surface area contributed by atoms with E-state index in [1.807, 2.05) is 0 Å². The Kier molecular flexibility index (Phi) is 5.15. The van der Waals surface area contributed by atoms with Crippen LogP contribution in [0.2, 0.25) is 0 Å². The molecule has 8 heteroatoms. The molecule has 1 unspecified atom stereocenters. The van der Waals surface area contributed by atoms with Crippen molar-refractivity contribution in [3.63, 3.8) is 0 Å². The highest BCUT2D eigenvalue weighted by Crippen LogP contribution is 2.15. The Hall–Kier alpha value is -2.09. The fraction of sp³-hybridized carbons (Fsp3) is 0.615. The number of anilines is 1. The Morgan fingerprint density at radius 3 is 3.10 bits per heavy atom. The summed E-state index contributed by atoms with van der Waals surface area (Å²) in [6.45, 7) is 1.89. The Morgan fingerprint density at radius 2 is 2.43 bits per heavy atom. The number of nitrogens with one attached hydrogen (secondary N) is 1. The van der Waals surface area contributed by atoms with E-state index in [-0.39, 0.29) is 12.6 Å². The number of hydrogen-bond acceptors (Lipinski definition) is 4. The molecule has 21 heavy (non-hydrogen) atoms. The summed E-state index contributed by atoms with van der Waals surface area (Å²) in [5.74, 6) is -0.616. The van der Waals surface area contributed by atoms with Gasteiger partial charge in [0.05, 0.1) is 18.5 Å². The highest BCUT2D eigenvalue weighted by Gasteiger charge is 2.19. The van der Waals surface area contributed by atoms with Crippen LogP contribution in [0.25, 0.3) is 0 Å². The van der Waals surface area contributed by atoms with Gasteiger partial charge in [-0.15, -0.1) is 0 Å². The zero-order valence-corrected chi connectivity index (χ0v) is 12.0. The molecule has 1 saturated heterocycles. The largest absolute Gasteiger partial charge is 0.480 e. The number of urea groups is 1. The van der Waals surface area contributed by atoms with Crippen molar-refractivity contribution in [2.45, 2.75) is 19.4 Å². The van der Waals surface area contributed by atoms with Gasteiger partial charge >= 0.3 is 12.0 Å². The van der Waals surface area contributed by atoms with E-state index in [0.717, 1.165) is 19.4 Å². The van der Waals surface area contributed by atoms with E-state index in [2.05, 4.69) is 10.4 Å². The van der Waals surface area contributed by atoms with Crippen molar-refractivity contribution in [3.8, 4) is 0 Å². The van der Waals surface area contributed by atoms with E-state index in [9.17, 15) is 9.59 Å². The first-order valence-corrected chi connectivity index (χ1v) is 6.88. The Balaban J connectivity index is 1.82. The van der Waals surface area contributed by atoms with E-state index in [1.54, 1.807) is 11.9 Å². The fourth-order valence-corrected chi connectivity index (χ4v) is 2.29. The van der Waals surface area contributed by atoms with E-state index in [0.29, 0.717) is 24.8 Å². The number of nitrogens with zero attached hydrogens (tertiary/aromatic N) is 3. The van der Waals surface area contributed by atoms with Gasteiger partial charge < -0.3 is 20.1 Å². The molecule has 1 aliphatic heterocycles. The second kappa shape index (κ2) is 7.07. The maximum atomic E-state index is 12.0. The van der Waals surface area contributed by atoms with E-state index in [1.165, 1.54) is 17.1 Å². The van der Waals surface area contributed by atoms with Gasteiger partial charge in [0, 0.05) is 32.3 Å². The summed E-state index contributed by atoms with van der Waals surface area (Å²) in [6.07, 6.45) is 5.01. The van der Waals surface area contributed by atoms with Crippen LogP contribution in [0, 0.1) is 5.92 Å². The lowest BCUT2D eigenvalue weighted by Gasteiger charge is -2.27. The smallest absolute Gasteiger partial charge is 0.325 e. The average molecular weight is 296 g/mol. The highest BCUT2D eigenvalue weighted by atomic mass is 16.5. The minimum absolute atomic E-state index is 0.231. The molecule has 2 rings (SSSR count). The SMILES string of the molecule is CN(CC1CCCOC1)C(=O)Nc1cnn(CC(=O)O)c1. The molecular weight excluding hydrogens is 276 g/mol. The highest BCUT2D eigenvalue weighted by molar-refractivity contribution is 5.88. The summed E-state index contributed by atoms with van der Waals surface area (Å²) in [6, 6.07) is -0.240. The molecule has 0 radical (unpaired) electrons. The molecule has 1 atom stereocenters. The molecule has 0 saturated carbocycles.